The highest BCUT2D eigenvalue weighted by atomic mass is 32.1. The second kappa shape index (κ2) is 4.31. The van der Waals surface area contributed by atoms with E-state index in [1.807, 2.05) is 0 Å². The van der Waals surface area contributed by atoms with E-state index in [4.69, 9.17) is 5.11 Å². The molecule has 0 saturated heterocycles. The lowest BCUT2D eigenvalue weighted by Gasteiger charge is -2.31. The Morgan fingerprint density at radius 1 is 1.17 bits per heavy atom. The Bertz CT molecular complexity index is 497. The minimum atomic E-state index is -0.891. The molecule has 0 aromatic carbocycles. The summed E-state index contributed by atoms with van der Waals surface area (Å²) in [6, 6.07) is 0. The average Bonchev–Trinajstić information content (AvgIpc) is 2.98. The molecule has 0 aliphatic heterocycles. The molecule has 96 valence electrons. The van der Waals surface area contributed by atoms with Gasteiger partial charge in [-0.3, -0.25) is 9.59 Å². The highest BCUT2D eigenvalue weighted by molar-refractivity contribution is 7.15. The molecule has 1 aromatic heterocycles. The van der Waals surface area contributed by atoms with Gasteiger partial charge in [-0.2, -0.15) is 0 Å². The van der Waals surface area contributed by atoms with Gasteiger partial charge in [-0.25, -0.2) is 0 Å². The van der Waals surface area contributed by atoms with Crippen molar-refractivity contribution >= 4 is 28.3 Å². The number of anilines is 1. The Balaban J connectivity index is 1.61. The van der Waals surface area contributed by atoms with Crippen molar-refractivity contribution in [2.24, 2.45) is 11.8 Å². The first-order chi connectivity index (χ1) is 8.65. The monoisotopic (exact) mass is 267 g/mol. The summed E-state index contributed by atoms with van der Waals surface area (Å²) in [6.07, 6.45) is 3.51. The number of aliphatic carboxylic acids is 1. The van der Waals surface area contributed by atoms with Gasteiger partial charge in [-0.15, -0.1) is 10.2 Å². The third kappa shape index (κ3) is 2.10. The van der Waals surface area contributed by atoms with Gasteiger partial charge in [-0.1, -0.05) is 11.3 Å². The summed E-state index contributed by atoms with van der Waals surface area (Å²) in [6.45, 7) is 0. The number of rotatable bonds is 4. The van der Waals surface area contributed by atoms with Crippen LogP contribution in [-0.4, -0.2) is 27.2 Å². The van der Waals surface area contributed by atoms with Crippen LogP contribution in [0.1, 0.15) is 36.6 Å². The second-order valence-electron chi connectivity index (χ2n) is 4.84. The maximum atomic E-state index is 11.9. The summed E-state index contributed by atoms with van der Waals surface area (Å²) in [5.41, 5.74) is 0. The topological polar surface area (TPSA) is 92.2 Å². The van der Waals surface area contributed by atoms with Crippen molar-refractivity contribution in [3.05, 3.63) is 5.01 Å². The van der Waals surface area contributed by atoms with E-state index >= 15 is 0 Å². The number of carboxylic acid groups (broad SMARTS) is 1. The van der Waals surface area contributed by atoms with Gasteiger partial charge in [0.25, 0.3) is 0 Å². The van der Waals surface area contributed by atoms with E-state index in [1.165, 1.54) is 11.3 Å². The van der Waals surface area contributed by atoms with Gasteiger partial charge in [0.2, 0.25) is 11.0 Å². The molecule has 1 amide bonds. The van der Waals surface area contributed by atoms with Crippen LogP contribution in [-0.2, 0) is 9.59 Å². The van der Waals surface area contributed by atoms with Crippen LogP contribution in [0.2, 0.25) is 0 Å². The Labute approximate surface area is 107 Å². The predicted octanol–water partition coefficient (Wildman–Crippen LogP) is 1.46. The number of carboxylic acids is 1. The molecule has 2 N–H and O–H groups in total. The smallest absolute Gasteiger partial charge is 0.307 e. The number of amides is 1. The SMILES string of the molecule is O=C(O)[C@H]1CC[C@H]1C(=O)Nc1nnc(C2CC2)s1. The summed E-state index contributed by atoms with van der Waals surface area (Å²) in [5.74, 6) is -1.58. The van der Waals surface area contributed by atoms with Crippen molar-refractivity contribution in [1.29, 1.82) is 0 Å². The Morgan fingerprint density at radius 3 is 2.44 bits per heavy atom. The van der Waals surface area contributed by atoms with Crippen LogP contribution in [0.25, 0.3) is 0 Å². The Hall–Kier alpha value is -1.50. The van der Waals surface area contributed by atoms with Crippen molar-refractivity contribution in [3.63, 3.8) is 0 Å². The summed E-state index contributed by atoms with van der Waals surface area (Å²) < 4.78 is 0. The van der Waals surface area contributed by atoms with Crippen molar-refractivity contribution in [2.45, 2.75) is 31.6 Å². The van der Waals surface area contributed by atoms with Crippen LogP contribution < -0.4 is 5.32 Å². The van der Waals surface area contributed by atoms with E-state index in [2.05, 4.69) is 15.5 Å². The third-order valence-corrected chi connectivity index (χ3v) is 4.53. The number of carbonyl (C=O) groups is 2. The lowest BCUT2D eigenvalue weighted by atomic mass is 9.73. The van der Waals surface area contributed by atoms with Gasteiger partial charge in [0.1, 0.15) is 5.01 Å². The first-order valence-electron chi connectivity index (χ1n) is 6.02. The molecule has 2 aliphatic rings. The van der Waals surface area contributed by atoms with Gasteiger partial charge in [0.05, 0.1) is 11.8 Å². The predicted molar refractivity (Wildman–Crippen MR) is 64.4 cm³/mol. The summed E-state index contributed by atoms with van der Waals surface area (Å²) in [7, 11) is 0. The Kier molecular flexibility index (Phi) is 2.77. The minimum Gasteiger partial charge on any atom is -0.481 e. The number of nitrogens with one attached hydrogen (secondary N) is 1. The minimum absolute atomic E-state index is 0.243. The number of nitrogens with zero attached hydrogens (tertiary/aromatic N) is 2. The molecule has 7 heteroatoms. The molecule has 0 spiro atoms. The maximum absolute atomic E-state index is 11.9. The molecule has 6 nitrogen and oxygen atoms in total. The van der Waals surface area contributed by atoms with Crippen LogP contribution in [0, 0.1) is 11.8 Å². The van der Waals surface area contributed by atoms with Gasteiger partial charge in [-0.05, 0) is 25.7 Å². The van der Waals surface area contributed by atoms with Crippen molar-refractivity contribution in [3.8, 4) is 0 Å². The fraction of sp³-hybridized carbons (Fsp3) is 0.636. The number of aromatic nitrogens is 2. The molecule has 18 heavy (non-hydrogen) atoms. The zero-order valence-electron chi connectivity index (χ0n) is 9.63. The lowest BCUT2D eigenvalue weighted by molar-refractivity contribution is -0.151. The van der Waals surface area contributed by atoms with Crippen LogP contribution in [0.5, 0.6) is 0 Å². The van der Waals surface area contributed by atoms with Gasteiger partial charge < -0.3 is 10.4 Å². The van der Waals surface area contributed by atoms with Crippen molar-refractivity contribution in [2.75, 3.05) is 5.32 Å². The van der Waals surface area contributed by atoms with E-state index in [-0.39, 0.29) is 5.91 Å². The molecule has 3 rings (SSSR count). The number of hydrogen-bond acceptors (Lipinski definition) is 5. The number of carbonyl (C=O) groups excluding carboxylic acids is 1. The largest absolute Gasteiger partial charge is 0.481 e. The van der Waals surface area contributed by atoms with Gasteiger partial charge >= 0.3 is 5.97 Å². The van der Waals surface area contributed by atoms with E-state index in [0.717, 1.165) is 17.8 Å². The molecule has 0 unspecified atom stereocenters. The van der Waals surface area contributed by atoms with E-state index in [9.17, 15) is 9.59 Å². The summed E-state index contributed by atoms with van der Waals surface area (Å²) >= 11 is 1.39. The molecule has 0 radical (unpaired) electrons. The molecule has 2 aliphatic carbocycles. The molecule has 0 bridgehead atoms. The first kappa shape index (κ1) is 11.6. The van der Waals surface area contributed by atoms with Crippen molar-refractivity contribution in [1.82, 2.24) is 10.2 Å². The van der Waals surface area contributed by atoms with Crippen LogP contribution in [0.15, 0.2) is 0 Å². The van der Waals surface area contributed by atoms with Crippen LogP contribution >= 0.6 is 11.3 Å². The standard InChI is InChI=1S/C11H13N3O3S/c15-8(6-3-4-7(6)10(16)17)12-11-14-13-9(18-11)5-1-2-5/h5-7H,1-4H2,(H,16,17)(H,12,14,15)/t6-,7+/m1/s1. The summed E-state index contributed by atoms with van der Waals surface area (Å²) in [4.78, 5) is 22.7. The molecular weight excluding hydrogens is 254 g/mol. The normalized spacial score (nSPS) is 26.4. The molecule has 1 aromatic rings. The van der Waals surface area contributed by atoms with Gasteiger partial charge in [0.15, 0.2) is 0 Å². The first-order valence-corrected chi connectivity index (χ1v) is 6.84. The van der Waals surface area contributed by atoms with E-state index in [1.54, 1.807) is 0 Å². The third-order valence-electron chi connectivity index (χ3n) is 3.53. The Morgan fingerprint density at radius 2 is 1.89 bits per heavy atom. The van der Waals surface area contributed by atoms with E-state index < -0.39 is 17.8 Å². The van der Waals surface area contributed by atoms with Crippen molar-refractivity contribution < 1.29 is 14.7 Å². The fourth-order valence-corrected chi connectivity index (χ4v) is 3.00. The average molecular weight is 267 g/mol. The molecule has 2 fully saturated rings. The summed E-state index contributed by atoms with van der Waals surface area (Å²) in [5, 5.41) is 21.0. The molecule has 2 saturated carbocycles. The highest BCUT2D eigenvalue weighted by Crippen LogP contribution is 2.42. The number of hydrogen-bond donors (Lipinski definition) is 2. The zero-order valence-corrected chi connectivity index (χ0v) is 10.4. The second-order valence-corrected chi connectivity index (χ2v) is 5.85. The molecule has 1 heterocycles. The quantitative estimate of drug-likeness (QED) is 0.861. The maximum Gasteiger partial charge on any atom is 0.307 e. The molecular formula is C11H13N3O3S. The zero-order chi connectivity index (χ0) is 12.7. The van der Waals surface area contributed by atoms with Gasteiger partial charge in [0, 0.05) is 5.92 Å². The van der Waals surface area contributed by atoms with E-state index in [0.29, 0.717) is 23.9 Å². The highest BCUT2D eigenvalue weighted by Gasteiger charge is 2.41. The van der Waals surface area contributed by atoms with Crippen LogP contribution in [0.3, 0.4) is 0 Å². The van der Waals surface area contributed by atoms with Crippen LogP contribution in [0.4, 0.5) is 5.13 Å². The fourth-order valence-electron chi connectivity index (χ4n) is 2.09. The lowest BCUT2D eigenvalue weighted by Crippen LogP contribution is -2.41. The molecule has 2 atom stereocenters.